The molecule has 80 valence electrons. The molecule has 3 N–H and O–H groups in total. The SMILES string of the molecule is CCN(c1cnccc1C(=N)N)C1CC1. The number of nitrogens with two attached hydrogens (primary N) is 1. The van der Waals surface area contributed by atoms with Gasteiger partial charge in [-0.25, -0.2) is 0 Å². The molecule has 4 heteroatoms. The average Bonchev–Trinajstić information content (AvgIpc) is 3.04. The highest BCUT2D eigenvalue weighted by atomic mass is 15.2. The van der Waals surface area contributed by atoms with E-state index in [0.717, 1.165) is 17.8 Å². The number of hydrogen-bond donors (Lipinski definition) is 2. The maximum absolute atomic E-state index is 7.53. The molecule has 1 aromatic heterocycles. The fourth-order valence-electron chi connectivity index (χ4n) is 1.85. The Balaban J connectivity index is 2.36. The van der Waals surface area contributed by atoms with Crippen LogP contribution in [0.3, 0.4) is 0 Å². The van der Waals surface area contributed by atoms with E-state index in [9.17, 15) is 0 Å². The standard InChI is InChI=1S/C11H16N4/c1-2-15(8-3-4-8)10-7-14-6-5-9(10)11(12)13/h5-8H,2-4H2,1H3,(H3,12,13). The molecule has 1 heterocycles. The molecule has 1 aliphatic carbocycles. The first-order valence-electron chi connectivity index (χ1n) is 5.29. The fourth-order valence-corrected chi connectivity index (χ4v) is 1.85. The minimum Gasteiger partial charge on any atom is -0.384 e. The smallest absolute Gasteiger partial charge is 0.125 e. The van der Waals surface area contributed by atoms with Gasteiger partial charge in [0.1, 0.15) is 5.84 Å². The van der Waals surface area contributed by atoms with E-state index in [2.05, 4.69) is 16.8 Å². The second kappa shape index (κ2) is 3.88. The van der Waals surface area contributed by atoms with E-state index in [1.807, 2.05) is 6.07 Å². The Kier molecular flexibility index (Phi) is 2.58. The number of nitrogens with one attached hydrogen (secondary N) is 1. The van der Waals surface area contributed by atoms with Crippen molar-refractivity contribution in [1.29, 1.82) is 5.41 Å². The molecule has 0 amide bonds. The Bertz CT molecular complexity index is 371. The summed E-state index contributed by atoms with van der Waals surface area (Å²) >= 11 is 0. The highest BCUT2D eigenvalue weighted by molar-refractivity contribution is 6.00. The molecule has 0 atom stereocenters. The molecule has 0 aliphatic heterocycles. The lowest BCUT2D eigenvalue weighted by Crippen LogP contribution is -2.28. The van der Waals surface area contributed by atoms with Crippen LogP contribution in [0.25, 0.3) is 0 Å². The van der Waals surface area contributed by atoms with Crippen molar-refractivity contribution >= 4 is 11.5 Å². The van der Waals surface area contributed by atoms with Crippen molar-refractivity contribution < 1.29 is 0 Å². The number of hydrogen-bond acceptors (Lipinski definition) is 3. The van der Waals surface area contributed by atoms with Gasteiger partial charge in [-0.3, -0.25) is 10.4 Å². The summed E-state index contributed by atoms with van der Waals surface area (Å²) in [5, 5.41) is 7.53. The summed E-state index contributed by atoms with van der Waals surface area (Å²) in [5.41, 5.74) is 7.34. The van der Waals surface area contributed by atoms with E-state index in [-0.39, 0.29) is 5.84 Å². The molecular weight excluding hydrogens is 188 g/mol. The summed E-state index contributed by atoms with van der Waals surface area (Å²) in [6.07, 6.45) is 5.96. The lowest BCUT2D eigenvalue weighted by atomic mass is 10.2. The summed E-state index contributed by atoms with van der Waals surface area (Å²) in [5.74, 6) is 0.117. The Hall–Kier alpha value is -1.58. The van der Waals surface area contributed by atoms with Gasteiger partial charge in [-0.2, -0.15) is 0 Å². The predicted octanol–water partition coefficient (Wildman–Crippen LogP) is 1.35. The lowest BCUT2D eigenvalue weighted by Gasteiger charge is -2.24. The van der Waals surface area contributed by atoms with Crippen LogP contribution >= 0.6 is 0 Å². The lowest BCUT2D eigenvalue weighted by molar-refractivity contribution is 0.822. The summed E-state index contributed by atoms with van der Waals surface area (Å²) in [6, 6.07) is 2.43. The molecule has 15 heavy (non-hydrogen) atoms. The van der Waals surface area contributed by atoms with E-state index in [0.29, 0.717) is 6.04 Å². The first kappa shape index (κ1) is 9.96. The number of pyridine rings is 1. The topological polar surface area (TPSA) is 66.0 Å². The van der Waals surface area contributed by atoms with Gasteiger partial charge in [0.25, 0.3) is 0 Å². The number of nitrogen functional groups attached to an aromatic ring is 1. The van der Waals surface area contributed by atoms with Crippen LogP contribution in [-0.4, -0.2) is 23.4 Å². The third kappa shape index (κ3) is 1.93. The Labute approximate surface area is 89.6 Å². The zero-order valence-corrected chi connectivity index (χ0v) is 8.90. The predicted molar refractivity (Wildman–Crippen MR) is 61.3 cm³/mol. The molecule has 1 fully saturated rings. The van der Waals surface area contributed by atoms with Gasteiger partial charge in [0, 0.05) is 24.3 Å². The maximum atomic E-state index is 7.53. The van der Waals surface area contributed by atoms with Crippen LogP contribution in [0.1, 0.15) is 25.3 Å². The molecule has 2 rings (SSSR count). The van der Waals surface area contributed by atoms with Crippen molar-refractivity contribution in [3.63, 3.8) is 0 Å². The van der Waals surface area contributed by atoms with Gasteiger partial charge in [-0.1, -0.05) is 0 Å². The Morgan fingerprint density at radius 2 is 2.40 bits per heavy atom. The van der Waals surface area contributed by atoms with Crippen LogP contribution in [0.4, 0.5) is 5.69 Å². The van der Waals surface area contributed by atoms with Gasteiger partial charge in [0.15, 0.2) is 0 Å². The number of anilines is 1. The van der Waals surface area contributed by atoms with Crippen molar-refractivity contribution in [2.45, 2.75) is 25.8 Å². The van der Waals surface area contributed by atoms with Crippen LogP contribution in [0.2, 0.25) is 0 Å². The molecule has 0 saturated heterocycles. The molecule has 0 unspecified atom stereocenters. The van der Waals surface area contributed by atoms with Crippen molar-refractivity contribution in [3.8, 4) is 0 Å². The first-order valence-corrected chi connectivity index (χ1v) is 5.29. The summed E-state index contributed by atoms with van der Waals surface area (Å²) in [7, 11) is 0. The third-order valence-electron chi connectivity index (χ3n) is 2.73. The number of amidine groups is 1. The molecule has 0 bridgehead atoms. The van der Waals surface area contributed by atoms with Gasteiger partial charge >= 0.3 is 0 Å². The van der Waals surface area contributed by atoms with Gasteiger partial charge in [-0.05, 0) is 25.8 Å². The fraction of sp³-hybridized carbons (Fsp3) is 0.455. The van der Waals surface area contributed by atoms with Crippen LogP contribution < -0.4 is 10.6 Å². The zero-order valence-electron chi connectivity index (χ0n) is 8.90. The third-order valence-corrected chi connectivity index (χ3v) is 2.73. The van der Waals surface area contributed by atoms with Gasteiger partial charge in [-0.15, -0.1) is 0 Å². The molecule has 1 saturated carbocycles. The van der Waals surface area contributed by atoms with Crippen LogP contribution in [0, 0.1) is 5.41 Å². The van der Waals surface area contributed by atoms with E-state index < -0.39 is 0 Å². The van der Waals surface area contributed by atoms with Crippen molar-refractivity contribution in [2.24, 2.45) is 5.73 Å². The molecule has 4 nitrogen and oxygen atoms in total. The molecule has 1 aliphatic rings. The van der Waals surface area contributed by atoms with Crippen molar-refractivity contribution in [1.82, 2.24) is 4.98 Å². The van der Waals surface area contributed by atoms with Crippen LogP contribution in [-0.2, 0) is 0 Å². The van der Waals surface area contributed by atoms with E-state index in [1.54, 1.807) is 12.4 Å². The summed E-state index contributed by atoms with van der Waals surface area (Å²) < 4.78 is 0. The minimum atomic E-state index is 0.117. The zero-order chi connectivity index (χ0) is 10.8. The van der Waals surface area contributed by atoms with Crippen LogP contribution in [0.5, 0.6) is 0 Å². The monoisotopic (exact) mass is 204 g/mol. The molecule has 0 aromatic carbocycles. The van der Waals surface area contributed by atoms with Gasteiger partial charge in [0.2, 0.25) is 0 Å². The number of aromatic nitrogens is 1. The highest BCUT2D eigenvalue weighted by Gasteiger charge is 2.29. The summed E-state index contributed by atoms with van der Waals surface area (Å²) in [4.78, 5) is 6.39. The minimum absolute atomic E-state index is 0.117. The van der Waals surface area contributed by atoms with Gasteiger partial charge < -0.3 is 10.6 Å². The summed E-state index contributed by atoms with van der Waals surface area (Å²) in [6.45, 7) is 3.06. The van der Waals surface area contributed by atoms with Crippen molar-refractivity contribution in [2.75, 3.05) is 11.4 Å². The van der Waals surface area contributed by atoms with Gasteiger partial charge in [0.05, 0.1) is 11.9 Å². The quantitative estimate of drug-likeness (QED) is 0.574. The molecule has 1 aromatic rings. The molecule has 0 spiro atoms. The second-order valence-electron chi connectivity index (χ2n) is 3.82. The van der Waals surface area contributed by atoms with Crippen molar-refractivity contribution in [3.05, 3.63) is 24.0 Å². The average molecular weight is 204 g/mol. The maximum Gasteiger partial charge on any atom is 0.125 e. The largest absolute Gasteiger partial charge is 0.384 e. The Morgan fingerprint density at radius 1 is 1.67 bits per heavy atom. The highest BCUT2D eigenvalue weighted by Crippen LogP contribution is 2.32. The second-order valence-corrected chi connectivity index (χ2v) is 3.82. The normalized spacial score (nSPS) is 15.0. The number of nitrogens with zero attached hydrogens (tertiary/aromatic N) is 2. The van der Waals surface area contributed by atoms with E-state index in [1.165, 1.54) is 12.8 Å². The van der Waals surface area contributed by atoms with E-state index in [4.69, 9.17) is 11.1 Å². The molecular formula is C11H16N4. The van der Waals surface area contributed by atoms with Crippen LogP contribution in [0.15, 0.2) is 18.5 Å². The Morgan fingerprint density at radius 3 is 2.93 bits per heavy atom. The van der Waals surface area contributed by atoms with E-state index >= 15 is 0 Å². The number of rotatable bonds is 4. The molecule has 0 radical (unpaired) electrons. The first-order chi connectivity index (χ1) is 7.24.